The number of benzene rings is 2. The maximum Gasteiger partial charge on any atom is 0.246 e. The topological polar surface area (TPSA) is 69.0 Å². The van der Waals surface area contributed by atoms with Crippen LogP contribution in [0.15, 0.2) is 47.6 Å². The number of aromatic nitrogens is 3. The normalized spacial score (nSPS) is 12.0. The smallest absolute Gasteiger partial charge is 0.246 e. The highest BCUT2D eigenvalue weighted by atomic mass is 35.5. The van der Waals surface area contributed by atoms with E-state index in [1.54, 1.807) is 11.8 Å². The lowest BCUT2D eigenvalue weighted by Gasteiger charge is -2.18. The molecule has 0 aliphatic rings. The third kappa shape index (κ3) is 5.41. The second kappa shape index (κ2) is 10.1. The fourth-order valence-corrected chi connectivity index (χ4v) is 4.19. The summed E-state index contributed by atoms with van der Waals surface area (Å²) in [6.07, 6.45) is 0. The Balaban J connectivity index is 1.97. The van der Waals surface area contributed by atoms with Gasteiger partial charge < -0.3 is 10.1 Å². The summed E-state index contributed by atoms with van der Waals surface area (Å²) in [6, 6.07) is 13.7. The van der Waals surface area contributed by atoms with Crippen LogP contribution in [-0.2, 0) is 15.3 Å². The zero-order chi connectivity index (χ0) is 21.7. The Hall–Kier alpha value is -2.35. The average molecular weight is 445 g/mol. The van der Waals surface area contributed by atoms with Crippen molar-refractivity contribution in [3.63, 3.8) is 0 Å². The molecule has 158 valence electrons. The van der Waals surface area contributed by atoms with Gasteiger partial charge in [-0.3, -0.25) is 9.36 Å². The predicted molar refractivity (Wildman–Crippen MR) is 120 cm³/mol. The van der Waals surface area contributed by atoms with Gasteiger partial charge in [0.2, 0.25) is 5.91 Å². The predicted octanol–water partition coefficient (Wildman–Crippen LogP) is 4.65. The van der Waals surface area contributed by atoms with Gasteiger partial charge in [-0.15, -0.1) is 10.2 Å². The molecule has 3 aromatic rings. The maximum atomic E-state index is 12.0. The zero-order valence-corrected chi connectivity index (χ0v) is 19.0. The molecule has 1 atom stereocenters. The number of hydrogen-bond acceptors (Lipinski definition) is 5. The Kier molecular flexibility index (Phi) is 7.53. The number of rotatable bonds is 8. The molecule has 3 rings (SSSR count). The quantitative estimate of drug-likeness (QED) is 0.512. The highest BCUT2D eigenvalue weighted by Crippen LogP contribution is 2.30. The van der Waals surface area contributed by atoms with Crippen molar-refractivity contribution >= 4 is 29.3 Å². The van der Waals surface area contributed by atoms with Crippen LogP contribution >= 0.6 is 23.4 Å². The van der Waals surface area contributed by atoms with E-state index in [0.29, 0.717) is 10.8 Å². The van der Waals surface area contributed by atoms with Crippen LogP contribution in [0.1, 0.15) is 35.5 Å². The highest BCUT2D eigenvalue weighted by molar-refractivity contribution is 7.98. The molecule has 0 fully saturated rings. The summed E-state index contributed by atoms with van der Waals surface area (Å²) >= 11 is 7.88. The summed E-state index contributed by atoms with van der Waals surface area (Å²) in [5.74, 6) is 1.18. The van der Waals surface area contributed by atoms with Crippen molar-refractivity contribution < 1.29 is 9.53 Å². The molecule has 1 unspecified atom stereocenters. The second-order valence-corrected chi connectivity index (χ2v) is 8.49. The van der Waals surface area contributed by atoms with E-state index in [-0.39, 0.29) is 18.6 Å². The third-order valence-corrected chi connectivity index (χ3v) is 5.80. The van der Waals surface area contributed by atoms with Crippen molar-refractivity contribution in [2.24, 2.45) is 0 Å². The van der Waals surface area contributed by atoms with Gasteiger partial charge in [-0.05, 0) is 44.0 Å². The SMILES string of the molecule is COCC(=O)NC(C)c1nnc(SCc2cccc(C)c2)n1-c1cc(Cl)ccc1C. The molecule has 1 aromatic heterocycles. The lowest BCUT2D eigenvalue weighted by Crippen LogP contribution is -2.31. The number of nitrogens with one attached hydrogen (secondary N) is 1. The summed E-state index contributed by atoms with van der Waals surface area (Å²) < 4.78 is 6.89. The van der Waals surface area contributed by atoms with Crippen molar-refractivity contribution in [2.75, 3.05) is 13.7 Å². The van der Waals surface area contributed by atoms with E-state index in [2.05, 4.69) is 46.7 Å². The number of halogens is 1. The van der Waals surface area contributed by atoms with E-state index in [0.717, 1.165) is 22.2 Å². The first-order valence-corrected chi connectivity index (χ1v) is 10.9. The van der Waals surface area contributed by atoms with E-state index in [1.165, 1.54) is 18.2 Å². The largest absolute Gasteiger partial charge is 0.375 e. The fraction of sp³-hybridized carbons (Fsp3) is 0.318. The molecule has 0 spiro atoms. The maximum absolute atomic E-state index is 12.0. The van der Waals surface area contributed by atoms with Crippen LogP contribution in [0.25, 0.3) is 5.69 Å². The summed E-state index contributed by atoms with van der Waals surface area (Å²) in [5, 5.41) is 13.1. The summed E-state index contributed by atoms with van der Waals surface area (Å²) in [6.45, 7) is 5.96. The van der Waals surface area contributed by atoms with Crippen LogP contribution in [0.4, 0.5) is 0 Å². The number of carbonyl (C=O) groups excluding carboxylic acids is 1. The number of nitrogens with zero attached hydrogens (tertiary/aromatic N) is 3. The van der Waals surface area contributed by atoms with Crippen molar-refractivity contribution in [3.05, 3.63) is 70.0 Å². The van der Waals surface area contributed by atoms with Gasteiger partial charge in [-0.1, -0.05) is 59.3 Å². The molecule has 0 saturated heterocycles. The summed E-state index contributed by atoms with van der Waals surface area (Å²) in [4.78, 5) is 12.0. The van der Waals surface area contributed by atoms with Gasteiger partial charge in [0.1, 0.15) is 6.61 Å². The first-order valence-electron chi connectivity index (χ1n) is 9.57. The molecular formula is C22H25ClN4O2S. The Morgan fingerprint density at radius 3 is 2.77 bits per heavy atom. The molecule has 0 aliphatic heterocycles. The monoisotopic (exact) mass is 444 g/mol. The standard InChI is InChI=1S/C22H25ClN4O2S/c1-14-6-5-7-17(10-14)13-30-22-26-25-21(16(3)24-20(28)12-29-4)27(22)19-11-18(23)9-8-15(19)2/h5-11,16H,12-13H2,1-4H3,(H,24,28). The first-order chi connectivity index (χ1) is 14.4. The minimum absolute atomic E-state index is 0.0103. The van der Waals surface area contributed by atoms with Gasteiger partial charge in [0.05, 0.1) is 11.7 Å². The van der Waals surface area contributed by atoms with Crippen LogP contribution in [0.3, 0.4) is 0 Å². The third-order valence-electron chi connectivity index (χ3n) is 4.56. The van der Waals surface area contributed by atoms with Crippen molar-refractivity contribution in [1.82, 2.24) is 20.1 Å². The molecule has 0 radical (unpaired) electrons. The van der Waals surface area contributed by atoms with Gasteiger partial charge >= 0.3 is 0 Å². The number of carbonyl (C=O) groups is 1. The van der Waals surface area contributed by atoms with Gasteiger partial charge in [0, 0.05) is 17.9 Å². The molecule has 0 aliphatic carbocycles. The van der Waals surface area contributed by atoms with Crippen LogP contribution in [0.5, 0.6) is 0 Å². The number of methoxy groups -OCH3 is 1. The van der Waals surface area contributed by atoms with E-state index in [1.807, 2.05) is 36.6 Å². The molecule has 2 aromatic carbocycles. The Morgan fingerprint density at radius 1 is 1.23 bits per heavy atom. The van der Waals surface area contributed by atoms with Gasteiger partial charge in [-0.2, -0.15) is 0 Å². The molecule has 1 amide bonds. The van der Waals surface area contributed by atoms with Crippen LogP contribution in [0, 0.1) is 13.8 Å². The fourth-order valence-electron chi connectivity index (χ4n) is 3.13. The molecule has 1 N–H and O–H groups in total. The minimum atomic E-state index is -0.355. The van der Waals surface area contributed by atoms with Crippen molar-refractivity contribution in [3.8, 4) is 5.69 Å². The Labute approximate surface area is 186 Å². The number of amides is 1. The Bertz CT molecular complexity index is 1040. The molecular weight excluding hydrogens is 420 g/mol. The molecule has 8 heteroatoms. The van der Waals surface area contributed by atoms with Crippen molar-refractivity contribution in [2.45, 2.75) is 37.7 Å². The number of aryl methyl sites for hydroxylation is 2. The van der Waals surface area contributed by atoms with Crippen LogP contribution < -0.4 is 5.32 Å². The zero-order valence-electron chi connectivity index (χ0n) is 17.5. The van der Waals surface area contributed by atoms with Gasteiger partial charge in [0.15, 0.2) is 11.0 Å². The first kappa shape index (κ1) is 22.3. The molecule has 6 nitrogen and oxygen atoms in total. The average Bonchev–Trinajstić information content (AvgIpc) is 3.12. The Morgan fingerprint density at radius 2 is 2.03 bits per heavy atom. The lowest BCUT2D eigenvalue weighted by atomic mass is 10.2. The van der Waals surface area contributed by atoms with Crippen LogP contribution in [0.2, 0.25) is 5.02 Å². The summed E-state index contributed by atoms with van der Waals surface area (Å²) in [5.41, 5.74) is 4.35. The van der Waals surface area contributed by atoms with Crippen molar-refractivity contribution in [1.29, 1.82) is 0 Å². The highest BCUT2D eigenvalue weighted by Gasteiger charge is 2.22. The van der Waals surface area contributed by atoms with E-state index >= 15 is 0 Å². The van der Waals surface area contributed by atoms with E-state index < -0.39 is 0 Å². The molecule has 30 heavy (non-hydrogen) atoms. The molecule has 0 saturated carbocycles. The number of hydrogen-bond donors (Lipinski definition) is 1. The van der Waals surface area contributed by atoms with Gasteiger partial charge in [-0.25, -0.2) is 0 Å². The number of thioether (sulfide) groups is 1. The van der Waals surface area contributed by atoms with E-state index in [9.17, 15) is 4.79 Å². The van der Waals surface area contributed by atoms with Crippen LogP contribution in [-0.4, -0.2) is 34.4 Å². The molecule has 0 bridgehead atoms. The minimum Gasteiger partial charge on any atom is -0.375 e. The molecule has 1 heterocycles. The van der Waals surface area contributed by atoms with E-state index in [4.69, 9.17) is 16.3 Å². The van der Waals surface area contributed by atoms with Gasteiger partial charge in [0.25, 0.3) is 0 Å². The summed E-state index contributed by atoms with van der Waals surface area (Å²) in [7, 11) is 1.49. The second-order valence-electron chi connectivity index (χ2n) is 7.11. The number of ether oxygens (including phenoxy) is 1. The lowest BCUT2D eigenvalue weighted by molar-refractivity contribution is -0.125.